The highest BCUT2D eigenvalue weighted by Gasteiger charge is 2.30. The van der Waals surface area contributed by atoms with Gasteiger partial charge in [0.05, 0.1) is 6.04 Å². The SMILES string of the molecule is CC(NC(=O)C1CC1)c1ccc(Br)cc1. The van der Waals surface area contributed by atoms with E-state index in [1.165, 1.54) is 0 Å². The number of hydrogen-bond donors (Lipinski definition) is 1. The molecule has 0 bridgehead atoms. The summed E-state index contributed by atoms with van der Waals surface area (Å²) in [5.41, 5.74) is 1.15. The number of carbonyl (C=O) groups excluding carboxylic acids is 1. The lowest BCUT2D eigenvalue weighted by atomic mass is 10.1. The van der Waals surface area contributed by atoms with Crippen molar-refractivity contribution in [3.8, 4) is 0 Å². The highest BCUT2D eigenvalue weighted by atomic mass is 79.9. The smallest absolute Gasteiger partial charge is 0.223 e. The summed E-state index contributed by atoms with van der Waals surface area (Å²) >= 11 is 3.39. The molecule has 1 aromatic carbocycles. The fraction of sp³-hybridized carbons (Fsp3) is 0.417. The molecule has 1 atom stereocenters. The number of rotatable bonds is 3. The molecule has 1 aliphatic carbocycles. The van der Waals surface area contributed by atoms with Crippen LogP contribution in [0.4, 0.5) is 0 Å². The lowest BCUT2D eigenvalue weighted by Gasteiger charge is -2.14. The first-order valence-electron chi connectivity index (χ1n) is 5.22. The van der Waals surface area contributed by atoms with Crippen LogP contribution in [0.25, 0.3) is 0 Å². The highest BCUT2D eigenvalue weighted by Crippen LogP contribution is 2.29. The normalized spacial score (nSPS) is 17.2. The van der Waals surface area contributed by atoms with Crippen molar-refractivity contribution in [2.24, 2.45) is 5.92 Å². The van der Waals surface area contributed by atoms with Crippen LogP contribution in [0.5, 0.6) is 0 Å². The van der Waals surface area contributed by atoms with E-state index in [-0.39, 0.29) is 17.9 Å². The van der Waals surface area contributed by atoms with Gasteiger partial charge >= 0.3 is 0 Å². The van der Waals surface area contributed by atoms with Crippen LogP contribution in [0, 0.1) is 5.92 Å². The molecule has 0 saturated heterocycles. The van der Waals surface area contributed by atoms with Crippen molar-refractivity contribution >= 4 is 21.8 Å². The monoisotopic (exact) mass is 267 g/mol. The van der Waals surface area contributed by atoms with Crippen molar-refractivity contribution in [3.05, 3.63) is 34.3 Å². The van der Waals surface area contributed by atoms with E-state index in [9.17, 15) is 4.79 Å². The molecule has 2 nitrogen and oxygen atoms in total. The maximum Gasteiger partial charge on any atom is 0.223 e. The molecule has 1 aromatic rings. The molecule has 0 heterocycles. The number of hydrogen-bond acceptors (Lipinski definition) is 1. The minimum atomic E-state index is 0.103. The maximum absolute atomic E-state index is 11.5. The van der Waals surface area contributed by atoms with Crippen molar-refractivity contribution in [2.45, 2.75) is 25.8 Å². The first-order chi connectivity index (χ1) is 7.16. The van der Waals surface area contributed by atoms with E-state index in [1.807, 2.05) is 31.2 Å². The van der Waals surface area contributed by atoms with Gasteiger partial charge in [-0.2, -0.15) is 0 Å². The van der Waals surface area contributed by atoms with Gasteiger partial charge in [-0.15, -0.1) is 0 Å². The summed E-state index contributed by atoms with van der Waals surface area (Å²) in [4.78, 5) is 11.5. The van der Waals surface area contributed by atoms with Crippen molar-refractivity contribution in [1.29, 1.82) is 0 Å². The van der Waals surface area contributed by atoms with Crippen molar-refractivity contribution in [1.82, 2.24) is 5.32 Å². The summed E-state index contributed by atoms with van der Waals surface area (Å²) in [5, 5.41) is 3.02. The minimum Gasteiger partial charge on any atom is -0.349 e. The van der Waals surface area contributed by atoms with E-state index in [2.05, 4.69) is 21.2 Å². The van der Waals surface area contributed by atoms with E-state index in [1.54, 1.807) is 0 Å². The maximum atomic E-state index is 11.5. The Bertz CT molecular complexity index is 356. The zero-order chi connectivity index (χ0) is 10.8. The summed E-state index contributed by atoms with van der Waals surface area (Å²) in [7, 11) is 0. The van der Waals surface area contributed by atoms with E-state index in [0.29, 0.717) is 0 Å². The molecule has 2 rings (SSSR count). The molecule has 0 radical (unpaired) electrons. The highest BCUT2D eigenvalue weighted by molar-refractivity contribution is 9.10. The molecule has 1 aliphatic rings. The molecule has 15 heavy (non-hydrogen) atoms. The summed E-state index contributed by atoms with van der Waals surface area (Å²) in [6, 6.07) is 8.15. The van der Waals surface area contributed by atoms with Crippen LogP contribution in [0.1, 0.15) is 31.4 Å². The van der Waals surface area contributed by atoms with Crippen molar-refractivity contribution in [3.63, 3.8) is 0 Å². The van der Waals surface area contributed by atoms with Gasteiger partial charge < -0.3 is 5.32 Å². The van der Waals surface area contributed by atoms with Crippen LogP contribution in [0.15, 0.2) is 28.7 Å². The molecule has 1 fully saturated rings. The van der Waals surface area contributed by atoms with Gasteiger partial charge in [0, 0.05) is 10.4 Å². The third-order valence-corrected chi connectivity index (χ3v) is 3.21. The Morgan fingerprint density at radius 1 is 1.40 bits per heavy atom. The topological polar surface area (TPSA) is 29.1 Å². The number of halogens is 1. The van der Waals surface area contributed by atoms with Crippen LogP contribution >= 0.6 is 15.9 Å². The minimum absolute atomic E-state index is 0.103. The van der Waals surface area contributed by atoms with Crippen LogP contribution in [-0.2, 0) is 4.79 Å². The number of benzene rings is 1. The lowest BCUT2D eigenvalue weighted by Crippen LogP contribution is -2.27. The summed E-state index contributed by atoms with van der Waals surface area (Å²) in [5.74, 6) is 0.480. The molecule has 80 valence electrons. The Kier molecular flexibility index (Phi) is 3.10. The standard InChI is InChI=1S/C12H14BrNO/c1-8(14-12(15)10-2-3-10)9-4-6-11(13)7-5-9/h4-8,10H,2-3H2,1H3,(H,14,15). The molecule has 3 heteroatoms. The Balaban J connectivity index is 1.97. The zero-order valence-corrected chi connectivity index (χ0v) is 10.3. The van der Waals surface area contributed by atoms with Crippen LogP contribution < -0.4 is 5.32 Å². The van der Waals surface area contributed by atoms with Crippen LogP contribution in [0.3, 0.4) is 0 Å². The molecule has 1 amide bonds. The second kappa shape index (κ2) is 4.35. The van der Waals surface area contributed by atoms with Gasteiger partial charge in [0.15, 0.2) is 0 Å². The second-order valence-corrected chi connectivity index (χ2v) is 4.97. The third-order valence-electron chi connectivity index (χ3n) is 2.68. The summed E-state index contributed by atoms with van der Waals surface area (Å²) in [6.07, 6.45) is 2.11. The van der Waals surface area contributed by atoms with Gasteiger partial charge in [0.1, 0.15) is 0 Å². The molecule has 1 N–H and O–H groups in total. The van der Waals surface area contributed by atoms with Gasteiger partial charge in [-0.1, -0.05) is 28.1 Å². The van der Waals surface area contributed by atoms with Gasteiger partial charge in [-0.05, 0) is 37.5 Å². The lowest BCUT2D eigenvalue weighted by molar-refractivity contribution is -0.122. The predicted molar refractivity (Wildman–Crippen MR) is 63.4 cm³/mol. The van der Waals surface area contributed by atoms with E-state index < -0.39 is 0 Å². The van der Waals surface area contributed by atoms with Crippen LogP contribution in [-0.4, -0.2) is 5.91 Å². The average molecular weight is 268 g/mol. The van der Waals surface area contributed by atoms with E-state index in [4.69, 9.17) is 0 Å². The Hall–Kier alpha value is -0.830. The molecule has 0 spiro atoms. The summed E-state index contributed by atoms with van der Waals surface area (Å²) < 4.78 is 1.06. The van der Waals surface area contributed by atoms with E-state index in [0.717, 1.165) is 22.9 Å². The molecule has 1 saturated carbocycles. The number of nitrogens with one attached hydrogen (secondary N) is 1. The molecule has 0 aliphatic heterocycles. The van der Waals surface area contributed by atoms with Gasteiger partial charge in [-0.25, -0.2) is 0 Å². The summed E-state index contributed by atoms with van der Waals surface area (Å²) in [6.45, 7) is 2.02. The molecule has 1 unspecified atom stereocenters. The van der Waals surface area contributed by atoms with Crippen molar-refractivity contribution < 1.29 is 4.79 Å². The Morgan fingerprint density at radius 3 is 2.53 bits per heavy atom. The number of amides is 1. The van der Waals surface area contributed by atoms with E-state index >= 15 is 0 Å². The van der Waals surface area contributed by atoms with Gasteiger partial charge in [0.2, 0.25) is 5.91 Å². The third kappa shape index (κ3) is 2.81. The first-order valence-corrected chi connectivity index (χ1v) is 6.02. The van der Waals surface area contributed by atoms with Gasteiger partial charge in [-0.3, -0.25) is 4.79 Å². The van der Waals surface area contributed by atoms with Gasteiger partial charge in [0.25, 0.3) is 0 Å². The molecular formula is C12H14BrNO. The number of carbonyl (C=O) groups is 1. The zero-order valence-electron chi connectivity index (χ0n) is 8.66. The van der Waals surface area contributed by atoms with Crippen LogP contribution in [0.2, 0.25) is 0 Å². The quantitative estimate of drug-likeness (QED) is 0.896. The van der Waals surface area contributed by atoms with Crippen molar-refractivity contribution in [2.75, 3.05) is 0 Å². The Labute approximate surface area is 98.2 Å². The average Bonchev–Trinajstić information content (AvgIpc) is 3.01. The first kappa shape index (κ1) is 10.7. The molecular weight excluding hydrogens is 254 g/mol. The fourth-order valence-corrected chi connectivity index (χ4v) is 1.78. The predicted octanol–water partition coefficient (Wildman–Crippen LogP) is 3.04. The Morgan fingerprint density at radius 2 is 2.00 bits per heavy atom. The molecule has 0 aromatic heterocycles. The largest absolute Gasteiger partial charge is 0.349 e. The second-order valence-electron chi connectivity index (χ2n) is 4.06. The fourth-order valence-electron chi connectivity index (χ4n) is 1.51.